The maximum absolute atomic E-state index is 6.07. The third kappa shape index (κ3) is 3.14. The predicted octanol–water partition coefficient (Wildman–Crippen LogP) is 3.81. The van der Waals surface area contributed by atoms with E-state index in [0.717, 1.165) is 22.8 Å². The minimum Gasteiger partial charge on any atom is -0.496 e. The highest BCUT2D eigenvalue weighted by molar-refractivity contribution is 6.30. The van der Waals surface area contributed by atoms with Gasteiger partial charge < -0.3 is 10.5 Å². The second kappa shape index (κ2) is 6.29. The van der Waals surface area contributed by atoms with Crippen molar-refractivity contribution in [2.45, 2.75) is 18.8 Å². The van der Waals surface area contributed by atoms with Crippen molar-refractivity contribution >= 4 is 11.6 Å². The summed E-state index contributed by atoms with van der Waals surface area (Å²) in [5, 5.41) is 0.752. The highest BCUT2D eigenvalue weighted by Crippen LogP contribution is 2.34. The summed E-state index contributed by atoms with van der Waals surface area (Å²) in [6.07, 6.45) is 0.824. The molecular weight excluding hydrogens is 270 g/mol. The van der Waals surface area contributed by atoms with E-state index >= 15 is 0 Å². The zero-order valence-electron chi connectivity index (χ0n) is 11.9. The minimum atomic E-state index is -0.183. The molecule has 0 radical (unpaired) electrons. The summed E-state index contributed by atoms with van der Waals surface area (Å²) >= 11 is 6.07. The van der Waals surface area contributed by atoms with Gasteiger partial charge in [-0.15, -0.1) is 0 Å². The molecule has 0 fully saturated rings. The SMILES string of the molecule is COc1ccccc1C(C)(CN)Cc1cccc(Cl)c1. The summed E-state index contributed by atoms with van der Waals surface area (Å²) in [4.78, 5) is 0. The highest BCUT2D eigenvalue weighted by atomic mass is 35.5. The van der Waals surface area contributed by atoms with Crippen LogP contribution in [0.3, 0.4) is 0 Å². The Morgan fingerprint density at radius 3 is 2.55 bits per heavy atom. The van der Waals surface area contributed by atoms with Crippen LogP contribution in [0.15, 0.2) is 48.5 Å². The molecule has 2 aromatic carbocycles. The van der Waals surface area contributed by atoms with Crippen molar-refractivity contribution in [3.63, 3.8) is 0 Å². The summed E-state index contributed by atoms with van der Waals surface area (Å²) < 4.78 is 5.47. The molecule has 0 heterocycles. The molecule has 0 aromatic heterocycles. The van der Waals surface area contributed by atoms with Crippen molar-refractivity contribution in [3.05, 3.63) is 64.7 Å². The number of para-hydroxylation sites is 1. The molecule has 2 rings (SSSR count). The number of ether oxygens (including phenoxy) is 1. The number of hydrogen-bond donors (Lipinski definition) is 1. The van der Waals surface area contributed by atoms with Crippen LogP contribution in [-0.2, 0) is 11.8 Å². The van der Waals surface area contributed by atoms with E-state index in [9.17, 15) is 0 Å². The van der Waals surface area contributed by atoms with Crippen LogP contribution in [0.25, 0.3) is 0 Å². The number of hydrogen-bond acceptors (Lipinski definition) is 2. The van der Waals surface area contributed by atoms with Gasteiger partial charge >= 0.3 is 0 Å². The number of nitrogens with two attached hydrogens (primary N) is 1. The molecule has 0 aliphatic rings. The Balaban J connectivity index is 2.38. The van der Waals surface area contributed by atoms with Crippen LogP contribution in [0.1, 0.15) is 18.1 Å². The monoisotopic (exact) mass is 289 g/mol. The molecule has 20 heavy (non-hydrogen) atoms. The molecule has 0 amide bonds. The number of methoxy groups -OCH3 is 1. The molecular formula is C17H20ClNO. The van der Waals surface area contributed by atoms with E-state index in [-0.39, 0.29) is 5.41 Å². The number of halogens is 1. The summed E-state index contributed by atoms with van der Waals surface area (Å²) in [6.45, 7) is 2.70. The van der Waals surface area contributed by atoms with Crippen molar-refractivity contribution < 1.29 is 4.74 Å². The number of benzene rings is 2. The maximum Gasteiger partial charge on any atom is 0.122 e. The summed E-state index contributed by atoms with van der Waals surface area (Å²) in [7, 11) is 1.69. The van der Waals surface area contributed by atoms with Gasteiger partial charge in [-0.3, -0.25) is 0 Å². The Labute approximate surface area is 125 Å². The van der Waals surface area contributed by atoms with E-state index in [1.54, 1.807) is 7.11 Å². The maximum atomic E-state index is 6.07. The van der Waals surface area contributed by atoms with E-state index in [4.69, 9.17) is 22.1 Å². The van der Waals surface area contributed by atoms with Crippen molar-refractivity contribution in [1.82, 2.24) is 0 Å². The van der Waals surface area contributed by atoms with Crippen LogP contribution in [0.5, 0.6) is 5.75 Å². The lowest BCUT2D eigenvalue weighted by molar-refractivity contribution is 0.385. The van der Waals surface area contributed by atoms with E-state index in [1.165, 1.54) is 5.56 Å². The minimum absolute atomic E-state index is 0.183. The van der Waals surface area contributed by atoms with E-state index in [1.807, 2.05) is 36.4 Å². The lowest BCUT2D eigenvalue weighted by Crippen LogP contribution is -2.34. The van der Waals surface area contributed by atoms with Crippen molar-refractivity contribution in [1.29, 1.82) is 0 Å². The Morgan fingerprint density at radius 2 is 1.90 bits per heavy atom. The zero-order valence-corrected chi connectivity index (χ0v) is 12.7. The second-order valence-corrected chi connectivity index (χ2v) is 5.71. The molecule has 0 spiro atoms. The molecule has 1 unspecified atom stereocenters. The van der Waals surface area contributed by atoms with E-state index < -0.39 is 0 Å². The molecule has 2 nitrogen and oxygen atoms in total. The highest BCUT2D eigenvalue weighted by Gasteiger charge is 2.28. The van der Waals surface area contributed by atoms with Gasteiger partial charge in [0.1, 0.15) is 5.75 Å². The molecule has 2 aromatic rings. The zero-order chi connectivity index (χ0) is 14.6. The molecule has 0 saturated heterocycles. The van der Waals surface area contributed by atoms with Gasteiger partial charge in [-0.2, -0.15) is 0 Å². The van der Waals surface area contributed by atoms with Gasteiger partial charge in [0.25, 0.3) is 0 Å². The van der Waals surface area contributed by atoms with E-state index in [2.05, 4.69) is 19.1 Å². The van der Waals surface area contributed by atoms with Crippen molar-refractivity contribution in [2.75, 3.05) is 13.7 Å². The average molecular weight is 290 g/mol. The first-order chi connectivity index (χ1) is 9.59. The first-order valence-electron chi connectivity index (χ1n) is 6.67. The Morgan fingerprint density at radius 1 is 1.15 bits per heavy atom. The van der Waals surface area contributed by atoms with Gasteiger partial charge in [-0.25, -0.2) is 0 Å². The standard InChI is InChI=1S/C17H20ClNO/c1-17(12-19,11-13-6-5-7-14(18)10-13)15-8-3-4-9-16(15)20-2/h3-10H,11-12,19H2,1-2H3. The van der Waals surface area contributed by atoms with Gasteiger partial charge in [0.2, 0.25) is 0 Å². The van der Waals surface area contributed by atoms with Gasteiger partial charge in [-0.1, -0.05) is 48.9 Å². The molecule has 106 valence electrons. The lowest BCUT2D eigenvalue weighted by Gasteiger charge is -2.30. The molecule has 0 bridgehead atoms. The van der Waals surface area contributed by atoms with Crippen LogP contribution >= 0.6 is 11.6 Å². The second-order valence-electron chi connectivity index (χ2n) is 5.27. The van der Waals surface area contributed by atoms with Gasteiger partial charge in [0.15, 0.2) is 0 Å². The van der Waals surface area contributed by atoms with Gasteiger partial charge in [0.05, 0.1) is 7.11 Å². The first-order valence-corrected chi connectivity index (χ1v) is 7.05. The van der Waals surface area contributed by atoms with Crippen LogP contribution in [0, 0.1) is 0 Å². The molecule has 1 atom stereocenters. The van der Waals surface area contributed by atoms with Crippen molar-refractivity contribution in [3.8, 4) is 5.75 Å². The fourth-order valence-corrected chi connectivity index (χ4v) is 2.73. The van der Waals surface area contributed by atoms with E-state index in [0.29, 0.717) is 6.54 Å². The topological polar surface area (TPSA) is 35.2 Å². The fourth-order valence-electron chi connectivity index (χ4n) is 2.52. The molecule has 2 N–H and O–H groups in total. The molecule has 0 aliphatic carbocycles. The fraction of sp³-hybridized carbons (Fsp3) is 0.294. The van der Waals surface area contributed by atoms with Crippen LogP contribution in [0.4, 0.5) is 0 Å². The Hall–Kier alpha value is -1.51. The summed E-state index contributed by atoms with van der Waals surface area (Å²) in [5.41, 5.74) is 8.18. The molecule has 0 saturated carbocycles. The Kier molecular flexibility index (Phi) is 4.69. The first kappa shape index (κ1) is 14.9. The van der Waals surface area contributed by atoms with Crippen LogP contribution in [0.2, 0.25) is 5.02 Å². The lowest BCUT2D eigenvalue weighted by atomic mass is 9.77. The quantitative estimate of drug-likeness (QED) is 0.908. The Bertz CT molecular complexity index is 585. The normalized spacial score (nSPS) is 13.8. The van der Waals surface area contributed by atoms with Crippen molar-refractivity contribution in [2.24, 2.45) is 5.73 Å². The van der Waals surface area contributed by atoms with Crippen LogP contribution < -0.4 is 10.5 Å². The third-order valence-electron chi connectivity index (χ3n) is 3.69. The third-order valence-corrected chi connectivity index (χ3v) is 3.93. The number of rotatable bonds is 5. The molecule has 3 heteroatoms. The summed E-state index contributed by atoms with van der Waals surface area (Å²) in [5.74, 6) is 0.877. The predicted molar refractivity (Wildman–Crippen MR) is 84.6 cm³/mol. The average Bonchev–Trinajstić information content (AvgIpc) is 2.47. The van der Waals surface area contributed by atoms with Gasteiger partial charge in [-0.05, 0) is 30.2 Å². The smallest absolute Gasteiger partial charge is 0.122 e. The van der Waals surface area contributed by atoms with Gasteiger partial charge in [0, 0.05) is 22.5 Å². The molecule has 0 aliphatic heterocycles. The largest absolute Gasteiger partial charge is 0.496 e. The summed E-state index contributed by atoms with van der Waals surface area (Å²) in [6, 6.07) is 16.0. The van der Waals surface area contributed by atoms with Crippen LogP contribution in [-0.4, -0.2) is 13.7 Å².